The van der Waals surface area contributed by atoms with E-state index in [9.17, 15) is 14.4 Å². The molecule has 1 fully saturated rings. The molecule has 1 aromatic carbocycles. The second-order valence-electron chi connectivity index (χ2n) is 5.03. The van der Waals surface area contributed by atoms with Gasteiger partial charge in [-0.2, -0.15) is 0 Å². The minimum atomic E-state index is -0.630. The van der Waals surface area contributed by atoms with Crippen LogP contribution in [-0.2, 0) is 20.9 Å². The molecule has 3 rings (SSSR count). The average Bonchev–Trinajstić information content (AvgIpc) is 2.86. The van der Waals surface area contributed by atoms with Crippen molar-refractivity contribution in [3.63, 3.8) is 0 Å². The summed E-state index contributed by atoms with van der Waals surface area (Å²) >= 11 is 0. The van der Waals surface area contributed by atoms with Crippen LogP contribution in [0, 0.1) is 0 Å². The molecule has 2 unspecified atom stereocenters. The van der Waals surface area contributed by atoms with Crippen molar-refractivity contribution in [3.05, 3.63) is 35.4 Å². The molecular weight excluding hydrogens is 258 g/mol. The van der Waals surface area contributed by atoms with Gasteiger partial charge in [0.15, 0.2) is 0 Å². The summed E-state index contributed by atoms with van der Waals surface area (Å²) in [5.41, 5.74) is 2.04. The molecule has 1 aromatic rings. The molecule has 3 amide bonds. The van der Waals surface area contributed by atoms with Crippen LogP contribution < -0.4 is 16.0 Å². The Labute approximate surface area is 115 Å². The van der Waals surface area contributed by atoms with Crippen LogP contribution in [0.5, 0.6) is 0 Å². The van der Waals surface area contributed by atoms with Gasteiger partial charge in [0, 0.05) is 13.0 Å². The van der Waals surface area contributed by atoms with Gasteiger partial charge >= 0.3 is 0 Å². The van der Waals surface area contributed by atoms with Crippen LogP contribution in [0.25, 0.3) is 0 Å². The van der Waals surface area contributed by atoms with Crippen LogP contribution >= 0.6 is 0 Å². The lowest BCUT2D eigenvalue weighted by Gasteiger charge is -2.23. The molecule has 2 atom stereocenters. The maximum absolute atomic E-state index is 12.3. The monoisotopic (exact) mass is 273 g/mol. The number of carbonyl (C=O) groups is 3. The number of hydrogen-bond acceptors (Lipinski definition) is 4. The van der Waals surface area contributed by atoms with Crippen molar-refractivity contribution in [1.29, 1.82) is 0 Å². The average molecular weight is 273 g/mol. The lowest BCUT2D eigenvalue weighted by Crippen LogP contribution is -2.53. The van der Waals surface area contributed by atoms with E-state index >= 15 is 0 Å². The van der Waals surface area contributed by atoms with Crippen molar-refractivity contribution < 1.29 is 14.4 Å². The number of carbonyl (C=O) groups excluding carboxylic acids is 3. The molecule has 0 saturated carbocycles. The predicted octanol–water partition coefficient (Wildman–Crippen LogP) is -0.248. The van der Waals surface area contributed by atoms with Gasteiger partial charge in [0.1, 0.15) is 12.1 Å². The number of piperidine rings is 1. The summed E-state index contributed by atoms with van der Waals surface area (Å²) < 4.78 is 0. The summed E-state index contributed by atoms with van der Waals surface area (Å²) in [5.74, 6) is -0.949. The van der Waals surface area contributed by atoms with Gasteiger partial charge in [0.25, 0.3) is 0 Å². The van der Waals surface area contributed by atoms with Crippen LogP contribution in [0.3, 0.4) is 0 Å². The molecule has 6 nitrogen and oxygen atoms in total. The summed E-state index contributed by atoms with van der Waals surface area (Å²) in [6.45, 7) is 0.642. The SMILES string of the molecule is O=C1CCC(NC(=O)C2NCc3ccccc32)C(=O)N1. The highest BCUT2D eigenvalue weighted by atomic mass is 16.2. The van der Waals surface area contributed by atoms with Gasteiger partial charge in [0.05, 0.1) is 0 Å². The van der Waals surface area contributed by atoms with Gasteiger partial charge in [-0.25, -0.2) is 0 Å². The highest BCUT2D eigenvalue weighted by molar-refractivity contribution is 6.02. The first-order valence-electron chi connectivity index (χ1n) is 6.60. The molecule has 1 saturated heterocycles. The maximum Gasteiger partial charge on any atom is 0.249 e. The quantitative estimate of drug-likeness (QED) is 0.649. The Hall–Kier alpha value is -2.21. The fourth-order valence-electron chi connectivity index (χ4n) is 2.62. The molecule has 104 valence electrons. The zero-order valence-electron chi connectivity index (χ0n) is 10.8. The number of benzene rings is 1. The van der Waals surface area contributed by atoms with E-state index in [4.69, 9.17) is 0 Å². The van der Waals surface area contributed by atoms with Gasteiger partial charge < -0.3 is 5.32 Å². The molecule has 2 aliphatic heterocycles. The standard InChI is InChI=1S/C14H15N3O3/c18-11-6-5-10(13(19)17-11)16-14(20)12-9-4-2-1-3-8(9)7-15-12/h1-4,10,12,15H,5-7H2,(H,16,20)(H,17,18,19). The fraction of sp³-hybridized carbons (Fsp3) is 0.357. The highest BCUT2D eigenvalue weighted by Gasteiger charge is 2.33. The summed E-state index contributed by atoms with van der Waals surface area (Å²) in [6.07, 6.45) is 0.607. The Morgan fingerprint density at radius 1 is 1.25 bits per heavy atom. The second kappa shape index (κ2) is 5.05. The minimum Gasteiger partial charge on any atom is -0.343 e. The summed E-state index contributed by atoms with van der Waals surface area (Å²) in [4.78, 5) is 35.0. The van der Waals surface area contributed by atoms with Crippen molar-refractivity contribution >= 4 is 17.7 Å². The van der Waals surface area contributed by atoms with Crippen LogP contribution in [0.15, 0.2) is 24.3 Å². The summed E-state index contributed by atoms with van der Waals surface area (Å²) in [7, 11) is 0. The van der Waals surface area contributed by atoms with E-state index in [1.807, 2.05) is 24.3 Å². The Morgan fingerprint density at radius 3 is 2.85 bits per heavy atom. The van der Waals surface area contributed by atoms with E-state index in [1.54, 1.807) is 0 Å². The predicted molar refractivity (Wildman–Crippen MR) is 70.3 cm³/mol. The van der Waals surface area contributed by atoms with Crippen molar-refractivity contribution in [1.82, 2.24) is 16.0 Å². The first-order valence-corrected chi connectivity index (χ1v) is 6.60. The lowest BCUT2D eigenvalue weighted by atomic mass is 10.0. The van der Waals surface area contributed by atoms with Crippen LogP contribution in [-0.4, -0.2) is 23.8 Å². The molecule has 0 spiro atoms. The Balaban J connectivity index is 1.69. The van der Waals surface area contributed by atoms with E-state index in [-0.39, 0.29) is 18.2 Å². The smallest absolute Gasteiger partial charge is 0.249 e. The largest absolute Gasteiger partial charge is 0.343 e. The van der Waals surface area contributed by atoms with Gasteiger partial charge in [-0.3, -0.25) is 25.0 Å². The molecular formula is C14H15N3O3. The Kier molecular flexibility index (Phi) is 3.23. The fourth-order valence-corrected chi connectivity index (χ4v) is 2.62. The van der Waals surface area contributed by atoms with Crippen LogP contribution in [0.2, 0.25) is 0 Å². The third kappa shape index (κ3) is 2.30. The van der Waals surface area contributed by atoms with Crippen molar-refractivity contribution in [2.24, 2.45) is 0 Å². The third-order valence-electron chi connectivity index (χ3n) is 3.68. The molecule has 2 heterocycles. The summed E-state index contributed by atoms with van der Waals surface area (Å²) in [6, 6.07) is 6.64. The number of amides is 3. The number of fused-ring (bicyclic) bond motifs is 1. The third-order valence-corrected chi connectivity index (χ3v) is 3.68. The van der Waals surface area contributed by atoms with E-state index in [1.165, 1.54) is 0 Å². The Bertz CT molecular complexity index is 585. The molecule has 6 heteroatoms. The Morgan fingerprint density at radius 2 is 2.05 bits per heavy atom. The molecule has 20 heavy (non-hydrogen) atoms. The number of hydrogen-bond donors (Lipinski definition) is 3. The molecule has 0 radical (unpaired) electrons. The van der Waals surface area contributed by atoms with Crippen molar-refractivity contribution in [3.8, 4) is 0 Å². The van der Waals surface area contributed by atoms with Gasteiger partial charge in [-0.05, 0) is 17.5 Å². The molecule has 0 aliphatic carbocycles. The highest BCUT2D eigenvalue weighted by Crippen LogP contribution is 2.25. The van der Waals surface area contributed by atoms with E-state index in [0.29, 0.717) is 13.0 Å². The van der Waals surface area contributed by atoms with Gasteiger partial charge in [0.2, 0.25) is 17.7 Å². The van der Waals surface area contributed by atoms with E-state index < -0.39 is 18.0 Å². The molecule has 0 bridgehead atoms. The number of rotatable bonds is 2. The van der Waals surface area contributed by atoms with Crippen molar-refractivity contribution in [2.45, 2.75) is 31.5 Å². The number of imide groups is 1. The van der Waals surface area contributed by atoms with Gasteiger partial charge in [-0.15, -0.1) is 0 Å². The molecule has 2 aliphatic rings. The van der Waals surface area contributed by atoms with Crippen molar-refractivity contribution in [2.75, 3.05) is 0 Å². The normalized spacial score (nSPS) is 25.0. The maximum atomic E-state index is 12.3. The molecule has 0 aromatic heterocycles. The van der Waals surface area contributed by atoms with E-state index in [0.717, 1.165) is 11.1 Å². The van der Waals surface area contributed by atoms with Gasteiger partial charge in [-0.1, -0.05) is 24.3 Å². The number of nitrogens with one attached hydrogen (secondary N) is 3. The topological polar surface area (TPSA) is 87.3 Å². The van der Waals surface area contributed by atoms with E-state index in [2.05, 4.69) is 16.0 Å². The minimum absolute atomic E-state index is 0.232. The zero-order valence-corrected chi connectivity index (χ0v) is 10.8. The second-order valence-corrected chi connectivity index (χ2v) is 5.03. The zero-order chi connectivity index (χ0) is 14.1. The van der Waals surface area contributed by atoms with Crippen LogP contribution in [0.1, 0.15) is 30.0 Å². The first kappa shape index (κ1) is 12.8. The van der Waals surface area contributed by atoms with Crippen LogP contribution in [0.4, 0.5) is 0 Å². The first-order chi connectivity index (χ1) is 9.65. The molecule has 3 N–H and O–H groups in total. The lowest BCUT2D eigenvalue weighted by molar-refractivity contribution is -0.137. The summed E-state index contributed by atoms with van der Waals surface area (Å²) in [5, 5.41) is 8.06.